The maximum Gasteiger partial charge on any atom is 0.417 e. The Morgan fingerprint density at radius 2 is 1.87 bits per heavy atom. The number of hydrogen-bond acceptors (Lipinski definition) is 2. The molecule has 0 aliphatic carbocycles. The zero-order chi connectivity index (χ0) is 10.9. The van der Waals surface area contributed by atoms with Crippen LogP contribution in [0.15, 0.2) is 18.2 Å². The van der Waals surface area contributed by atoms with Gasteiger partial charge in [0.1, 0.15) is 0 Å². The number of halogens is 4. The molecule has 0 spiro atoms. The molecule has 0 aliphatic rings. The Kier molecular flexibility index (Phi) is 3.97. The Morgan fingerprint density at radius 3 is 2.27 bits per heavy atom. The van der Waals surface area contributed by atoms with E-state index < -0.39 is 23.3 Å². The predicted molar refractivity (Wildman–Crippen MR) is 50.1 cm³/mol. The zero-order valence-corrected chi connectivity index (χ0v) is 8.02. The number of alkyl halides is 3. The summed E-state index contributed by atoms with van der Waals surface area (Å²) in [6.45, 7) is 0. The summed E-state index contributed by atoms with van der Waals surface area (Å²) < 4.78 is 36.7. The Bertz CT molecular complexity index is 379. The highest BCUT2D eigenvalue weighted by atomic mass is 35.5. The van der Waals surface area contributed by atoms with Gasteiger partial charge in [0.05, 0.1) is 11.1 Å². The minimum Gasteiger partial charge on any atom is -0.478 e. The van der Waals surface area contributed by atoms with Crippen LogP contribution < -0.4 is 5.73 Å². The van der Waals surface area contributed by atoms with E-state index in [1.165, 1.54) is 0 Å². The van der Waals surface area contributed by atoms with Crippen molar-refractivity contribution in [3.8, 4) is 0 Å². The molecule has 0 saturated heterocycles. The van der Waals surface area contributed by atoms with Gasteiger partial charge in [-0.1, -0.05) is 0 Å². The lowest BCUT2D eigenvalue weighted by molar-refractivity contribution is -0.138. The average molecular weight is 242 g/mol. The van der Waals surface area contributed by atoms with Crippen LogP contribution in [0, 0.1) is 0 Å². The molecule has 0 heterocycles. The summed E-state index contributed by atoms with van der Waals surface area (Å²) >= 11 is 0. The highest BCUT2D eigenvalue weighted by Crippen LogP contribution is 2.32. The number of anilines is 1. The van der Waals surface area contributed by atoms with Gasteiger partial charge in [-0.05, 0) is 18.2 Å². The second kappa shape index (κ2) is 4.39. The third-order valence-electron chi connectivity index (χ3n) is 1.58. The van der Waals surface area contributed by atoms with Gasteiger partial charge >= 0.3 is 12.1 Å². The molecule has 7 heteroatoms. The van der Waals surface area contributed by atoms with Gasteiger partial charge in [0, 0.05) is 5.69 Å². The van der Waals surface area contributed by atoms with Gasteiger partial charge in [-0.3, -0.25) is 0 Å². The van der Waals surface area contributed by atoms with Crippen molar-refractivity contribution in [1.82, 2.24) is 0 Å². The summed E-state index contributed by atoms with van der Waals surface area (Å²) in [4.78, 5) is 10.5. The zero-order valence-electron chi connectivity index (χ0n) is 7.21. The van der Waals surface area contributed by atoms with E-state index >= 15 is 0 Å². The van der Waals surface area contributed by atoms with Gasteiger partial charge in [0.2, 0.25) is 0 Å². The van der Waals surface area contributed by atoms with Gasteiger partial charge in [-0.2, -0.15) is 13.2 Å². The number of rotatable bonds is 1. The molecule has 1 aromatic carbocycles. The van der Waals surface area contributed by atoms with Crippen molar-refractivity contribution in [1.29, 1.82) is 0 Å². The minimum atomic E-state index is -4.68. The molecule has 0 radical (unpaired) electrons. The molecule has 0 bridgehead atoms. The van der Waals surface area contributed by atoms with E-state index in [-0.39, 0.29) is 18.1 Å². The van der Waals surface area contributed by atoms with Gasteiger partial charge < -0.3 is 10.8 Å². The van der Waals surface area contributed by atoms with E-state index in [9.17, 15) is 18.0 Å². The summed E-state index contributed by atoms with van der Waals surface area (Å²) in [5, 5.41) is 8.50. The van der Waals surface area contributed by atoms with E-state index in [4.69, 9.17) is 10.8 Å². The number of carbonyl (C=O) groups is 1. The van der Waals surface area contributed by atoms with Crippen molar-refractivity contribution >= 4 is 24.1 Å². The summed E-state index contributed by atoms with van der Waals surface area (Å²) in [6.07, 6.45) is -4.68. The van der Waals surface area contributed by atoms with Crippen LogP contribution in [0.4, 0.5) is 18.9 Å². The number of carboxylic acids is 1. The van der Waals surface area contributed by atoms with Crippen LogP contribution in [-0.4, -0.2) is 11.1 Å². The molecule has 0 atom stereocenters. The smallest absolute Gasteiger partial charge is 0.417 e. The van der Waals surface area contributed by atoms with Gasteiger partial charge in [0.25, 0.3) is 0 Å². The van der Waals surface area contributed by atoms with Crippen LogP contribution in [0.5, 0.6) is 0 Å². The Labute approximate surface area is 89.1 Å². The first-order chi connectivity index (χ1) is 6.32. The van der Waals surface area contributed by atoms with Crippen LogP contribution >= 0.6 is 12.4 Å². The highest BCUT2D eigenvalue weighted by molar-refractivity contribution is 5.90. The molecular weight excluding hydrogens is 235 g/mol. The maximum absolute atomic E-state index is 12.2. The maximum atomic E-state index is 12.2. The predicted octanol–water partition coefficient (Wildman–Crippen LogP) is 2.41. The molecule has 0 fully saturated rings. The fourth-order valence-corrected chi connectivity index (χ4v) is 0.986. The van der Waals surface area contributed by atoms with Crippen molar-refractivity contribution < 1.29 is 23.1 Å². The van der Waals surface area contributed by atoms with Crippen LogP contribution in [0.25, 0.3) is 0 Å². The summed E-state index contributed by atoms with van der Waals surface area (Å²) in [6, 6.07) is 2.44. The van der Waals surface area contributed by atoms with Crippen molar-refractivity contribution in [2.24, 2.45) is 0 Å². The molecule has 3 N–H and O–H groups in total. The van der Waals surface area contributed by atoms with Crippen molar-refractivity contribution in [2.45, 2.75) is 6.18 Å². The number of nitrogens with two attached hydrogens (primary N) is 1. The molecule has 0 unspecified atom stereocenters. The Balaban J connectivity index is 0.00000196. The number of nitrogen functional groups attached to an aromatic ring is 1. The van der Waals surface area contributed by atoms with Crippen LogP contribution in [0.2, 0.25) is 0 Å². The third kappa shape index (κ3) is 3.02. The van der Waals surface area contributed by atoms with Gasteiger partial charge in [-0.15, -0.1) is 12.4 Å². The first-order valence-corrected chi connectivity index (χ1v) is 3.52. The van der Waals surface area contributed by atoms with Crippen LogP contribution in [0.3, 0.4) is 0 Å². The van der Waals surface area contributed by atoms with E-state index in [0.717, 1.165) is 12.1 Å². The van der Waals surface area contributed by atoms with Crippen LogP contribution in [-0.2, 0) is 6.18 Å². The molecule has 1 aromatic rings. The first-order valence-electron chi connectivity index (χ1n) is 3.52. The topological polar surface area (TPSA) is 63.3 Å². The second-order valence-corrected chi connectivity index (χ2v) is 2.61. The Morgan fingerprint density at radius 1 is 1.33 bits per heavy atom. The summed E-state index contributed by atoms with van der Waals surface area (Å²) in [5.41, 5.74) is 3.13. The van der Waals surface area contributed by atoms with Crippen molar-refractivity contribution in [3.05, 3.63) is 29.3 Å². The first kappa shape index (κ1) is 13.6. The number of hydrogen-bond donors (Lipinski definition) is 2. The van der Waals surface area contributed by atoms with E-state index in [1.807, 2.05) is 0 Å². The van der Waals surface area contributed by atoms with E-state index in [2.05, 4.69) is 0 Å². The molecule has 15 heavy (non-hydrogen) atoms. The lowest BCUT2D eigenvalue weighted by atomic mass is 10.1. The molecule has 0 aromatic heterocycles. The molecule has 3 nitrogen and oxygen atoms in total. The van der Waals surface area contributed by atoms with Crippen molar-refractivity contribution in [2.75, 3.05) is 5.73 Å². The van der Waals surface area contributed by atoms with E-state index in [0.29, 0.717) is 6.07 Å². The summed E-state index contributed by atoms with van der Waals surface area (Å²) in [7, 11) is 0. The quantitative estimate of drug-likeness (QED) is 0.742. The minimum absolute atomic E-state index is 0. The molecule has 0 saturated carbocycles. The average Bonchev–Trinajstić information content (AvgIpc) is 2.01. The number of aromatic carboxylic acids is 1. The Hall–Kier alpha value is -1.43. The normalized spacial score (nSPS) is 10.6. The molecular formula is C8H7ClF3NO2. The van der Waals surface area contributed by atoms with Crippen molar-refractivity contribution in [3.63, 3.8) is 0 Å². The largest absolute Gasteiger partial charge is 0.478 e. The number of carboxylic acid groups (broad SMARTS) is 1. The summed E-state index contributed by atoms with van der Waals surface area (Å²) in [5.74, 6) is -1.65. The molecule has 1 rings (SSSR count). The monoisotopic (exact) mass is 241 g/mol. The third-order valence-corrected chi connectivity index (χ3v) is 1.58. The molecule has 0 aliphatic heterocycles. The second-order valence-electron chi connectivity index (χ2n) is 2.61. The lowest BCUT2D eigenvalue weighted by Crippen LogP contribution is -2.13. The highest BCUT2D eigenvalue weighted by Gasteiger charge is 2.35. The fraction of sp³-hybridized carbons (Fsp3) is 0.125. The number of benzene rings is 1. The standard InChI is InChI=1S/C8H6F3NO2.ClH/c9-8(10,11)6-2-1-4(12)3-5(6)7(13)14;/h1-3H,12H2,(H,13,14);1H. The van der Waals surface area contributed by atoms with Gasteiger partial charge in [0.15, 0.2) is 0 Å². The molecule has 0 amide bonds. The lowest BCUT2D eigenvalue weighted by Gasteiger charge is -2.10. The SMILES string of the molecule is Cl.Nc1ccc(C(F)(F)F)c(C(=O)O)c1. The fourth-order valence-electron chi connectivity index (χ4n) is 0.986. The molecule has 84 valence electrons. The van der Waals surface area contributed by atoms with Crippen LogP contribution in [0.1, 0.15) is 15.9 Å². The van der Waals surface area contributed by atoms with Gasteiger partial charge in [-0.25, -0.2) is 4.79 Å². The van der Waals surface area contributed by atoms with E-state index in [1.54, 1.807) is 0 Å².